The van der Waals surface area contributed by atoms with Crippen molar-refractivity contribution in [3.05, 3.63) is 33.7 Å². The molecular weight excluding hydrogens is 234 g/mol. The standard InChI is InChI=1S/C12H19N3O3/c1-8-4-11(16)10(5-14-8)12(17)15(2)6-9(13)7-18-3/h4-5,9H,6-7,13H2,1-3H3,(H,14,16). The number of likely N-dealkylation sites (N-methyl/N-ethyl adjacent to an activating group) is 1. The Bertz CT molecular complexity index is 470. The van der Waals surface area contributed by atoms with Crippen molar-refractivity contribution in [2.75, 3.05) is 27.3 Å². The molecule has 3 N–H and O–H groups in total. The van der Waals surface area contributed by atoms with Crippen LogP contribution in [0.2, 0.25) is 0 Å². The summed E-state index contributed by atoms with van der Waals surface area (Å²) in [6.45, 7) is 2.45. The molecule has 1 amide bonds. The Kier molecular flexibility index (Phi) is 5.06. The van der Waals surface area contributed by atoms with E-state index in [0.717, 1.165) is 5.69 Å². The second kappa shape index (κ2) is 6.32. The molecule has 0 bridgehead atoms. The minimum atomic E-state index is -0.345. The Labute approximate surface area is 106 Å². The van der Waals surface area contributed by atoms with Gasteiger partial charge in [-0.2, -0.15) is 0 Å². The van der Waals surface area contributed by atoms with Gasteiger partial charge in [-0.1, -0.05) is 0 Å². The Morgan fingerprint density at radius 3 is 2.83 bits per heavy atom. The van der Waals surface area contributed by atoms with Gasteiger partial charge in [-0.15, -0.1) is 0 Å². The lowest BCUT2D eigenvalue weighted by Gasteiger charge is -2.20. The molecular formula is C12H19N3O3. The van der Waals surface area contributed by atoms with Crippen LogP contribution >= 0.6 is 0 Å². The molecule has 6 heteroatoms. The van der Waals surface area contributed by atoms with Crippen molar-refractivity contribution in [3.63, 3.8) is 0 Å². The van der Waals surface area contributed by atoms with Gasteiger partial charge in [0.25, 0.3) is 5.91 Å². The number of methoxy groups -OCH3 is 1. The molecule has 0 aliphatic rings. The number of aryl methyl sites for hydroxylation is 1. The van der Waals surface area contributed by atoms with Crippen LogP contribution in [0.1, 0.15) is 16.1 Å². The van der Waals surface area contributed by atoms with Gasteiger partial charge in [0.1, 0.15) is 5.56 Å². The van der Waals surface area contributed by atoms with E-state index < -0.39 is 0 Å². The Balaban J connectivity index is 2.77. The highest BCUT2D eigenvalue weighted by Crippen LogP contribution is 1.99. The SMILES string of the molecule is COCC(N)CN(C)C(=O)c1c[nH]c(C)cc1=O. The van der Waals surface area contributed by atoms with Crippen molar-refractivity contribution in [2.24, 2.45) is 5.73 Å². The quantitative estimate of drug-likeness (QED) is 0.756. The summed E-state index contributed by atoms with van der Waals surface area (Å²) in [6, 6.07) is 1.13. The van der Waals surface area contributed by atoms with E-state index in [-0.39, 0.29) is 22.9 Å². The maximum Gasteiger partial charge on any atom is 0.259 e. The number of carbonyl (C=O) groups excluding carboxylic acids is 1. The van der Waals surface area contributed by atoms with Crippen LogP contribution in [-0.2, 0) is 4.74 Å². The highest BCUT2D eigenvalue weighted by atomic mass is 16.5. The number of hydrogen-bond acceptors (Lipinski definition) is 4. The third kappa shape index (κ3) is 3.68. The minimum Gasteiger partial charge on any atom is -0.383 e. The summed E-state index contributed by atoms with van der Waals surface area (Å²) in [7, 11) is 3.16. The molecule has 0 fully saturated rings. The molecule has 0 aliphatic heterocycles. The van der Waals surface area contributed by atoms with Crippen LogP contribution in [0.15, 0.2) is 17.1 Å². The fraction of sp³-hybridized carbons (Fsp3) is 0.500. The smallest absolute Gasteiger partial charge is 0.259 e. The van der Waals surface area contributed by atoms with Gasteiger partial charge >= 0.3 is 0 Å². The summed E-state index contributed by atoms with van der Waals surface area (Å²) < 4.78 is 4.90. The summed E-state index contributed by atoms with van der Waals surface area (Å²) in [6.07, 6.45) is 1.43. The second-order valence-corrected chi connectivity index (χ2v) is 4.30. The van der Waals surface area contributed by atoms with Crippen molar-refractivity contribution in [1.29, 1.82) is 0 Å². The maximum atomic E-state index is 12.0. The molecule has 1 atom stereocenters. The van der Waals surface area contributed by atoms with Crippen molar-refractivity contribution in [3.8, 4) is 0 Å². The van der Waals surface area contributed by atoms with Crippen molar-refractivity contribution in [1.82, 2.24) is 9.88 Å². The van der Waals surface area contributed by atoms with Crippen molar-refractivity contribution < 1.29 is 9.53 Å². The van der Waals surface area contributed by atoms with E-state index >= 15 is 0 Å². The molecule has 1 unspecified atom stereocenters. The van der Waals surface area contributed by atoms with E-state index in [4.69, 9.17) is 10.5 Å². The molecule has 1 aromatic heterocycles. The predicted molar refractivity (Wildman–Crippen MR) is 68.6 cm³/mol. The monoisotopic (exact) mass is 253 g/mol. The summed E-state index contributed by atoms with van der Waals surface area (Å²) in [5.74, 6) is -0.345. The molecule has 1 heterocycles. The lowest BCUT2D eigenvalue weighted by atomic mass is 10.2. The number of amides is 1. The first-order valence-electron chi connectivity index (χ1n) is 5.65. The topological polar surface area (TPSA) is 88.4 Å². The normalized spacial score (nSPS) is 12.2. The van der Waals surface area contributed by atoms with Crippen LogP contribution in [0.25, 0.3) is 0 Å². The number of pyridine rings is 1. The Morgan fingerprint density at radius 2 is 2.28 bits per heavy atom. The zero-order valence-corrected chi connectivity index (χ0v) is 10.9. The number of nitrogens with zero attached hydrogens (tertiary/aromatic N) is 1. The molecule has 100 valence electrons. The van der Waals surface area contributed by atoms with Gasteiger partial charge in [0, 0.05) is 44.7 Å². The van der Waals surface area contributed by atoms with Crippen LogP contribution in [0, 0.1) is 6.92 Å². The first-order valence-corrected chi connectivity index (χ1v) is 5.65. The zero-order valence-electron chi connectivity index (χ0n) is 10.9. The molecule has 6 nitrogen and oxygen atoms in total. The molecule has 0 saturated carbocycles. The molecule has 0 saturated heterocycles. The number of H-pyrrole nitrogens is 1. The van der Waals surface area contributed by atoms with Crippen molar-refractivity contribution in [2.45, 2.75) is 13.0 Å². The summed E-state index contributed by atoms with van der Waals surface area (Å²) in [5, 5.41) is 0. The first kappa shape index (κ1) is 14.4. The van der Waals surface area contributed by atoms with Gasteiger partial charge in [-0.3, -0.25) is 9.59 Å². The van der Waals surface area contributed by atoms with Gasteiger partial charge in [0.05, 0.1) is 6.61 Å². The fourth-order valence-corrected chi connectivity index (χ4v) is 1.65. The molecule has 1 rings (SSSR count). The van der Waals surface area contributed by atoms with E-state index in [1.54, 1.807) is 21.1 Å². The number of nitrogens with two attached hydrogens (primary N) is 1. The number of nitrogens with one attached hydrogen (secondary N) is 1. The number of aromatic nitrogens is 1. The van der Waals surface area contributed by atoms with Crippen LogP contribution < -0.4 is 11.2 Å². The average molecular weight is 253 g/mol. The fourth-order valence-electron chi connectivity index (χ4n) is 1.65. The van der Waals surface area contributed by atoms with E-state index in [9.17, 15) is 9.59 Å². The van der Waals surface area contributed by atoms with Crippen molar-refractivity contribution >= 4 is 5.91 Å². The zero-order chi connectivity index (χ0) is 13.7. The summed E-state index contributed by atoms with van der Waals surface area (Å²) >= 11 is 0. The predicted octanol–water partition coefficient (Wildman–Crippen LogP) is -0.271. The number of hydrogen-bond donors (Lipinski definition) is 2. The third-order valence-corrected chi connectivity index (χ3v) is 2.52. The maximum absolute atomic E-state index is 12.0. The summed E-state index contributed by atoms with van der Waals surface area (Å²) in [4.78, 5) is 28.0. The number of aromatic amines is 1. The lowest BCUT2D eigenvalue weighted by Crippen LogP contribution is -2.42. The van der Waals surface area contributed by atoms with Crippen LogP contribution in [0.5, 0.6) is 0 Å². The van der Waals surface area contributed by atoms with E-state index in [0.29, 0.717) is 13.2 Å². The van der Waals surface area contributed by atoms with Crippen LogP contribution in [0.3, 0.4) is 0 Å². The Hall–Kier alpha value is -1.66. The molecule has 0 aliphatic carbocycles. The van der Waals surface area contributed by atoms with E-state index in [1.165, 1.54) is 17.2 Å². The van der Waals surface area contributed by atoms with Crippen LogP contribution in [-0.4, -0.2) is 49.1 Å². The highest BCUT2D eigenvalue weighted by Gasteiger charge is 2.17. The van der Waals surface area contributed by atoms with Crippen LogP contribution in [0.4, 0.5) is 0 Å². The third-order valence-electron chi connectivity index (χ3n) is 2.52. The lowest BCUT2D eigenvalue weighted by molar-refractivity contribution is 0.0763. The van der Waals surface area contributed by atoms with E-state index in [2.05, 4.69) is 4.98 Å². The van der Waals surface area contributed by atoms with Gasteiger partial charge < -0.3 is 20.4 Å². The van der Waals surface area contributed by atoms with Gasteiger partial charge in [-0.25, -0.2) is 0 Å². The summed E-state index contributed by atoms with van der Waals surface area (Å²) in [5.41, 5.74) is 6.31. The highest BCUT2D eigenvalue weighted by molar-refractivity contribution is 5.93. The number of rotatable bonds is 5. The molecule has 0 spiro atoms. The van der Waals surface area contributed by atoms with Gasteiger partial charge in [0.15, 0.2) is 5.43 Å². The largest absolute Gasteiger partial charge is 0.383 e. The molecule has 18 heavy (non-hydrogen) atoms. The molecule has 0 radical (unpaired) electrons. The van der Waals surface area contributed by atoms with E-state index in [1.807, 2.05) is 0 Å². The number of carbonyl (C=O) groups is 1. The molecule has 0 aromatic carbocycles. The second-order valence-electron chi connectivity index (χ2n) is 4.30. The first-order chi connectivity index (χ1) is 8.45. The minimum absolute atomic E-state index is 0.118. The molecule has 1 aromatic rings. The van der Waals surface area contributed by atoms with Gasteiger partial charge in [-0.05, 0) is 6.92 Å². The Morgan fingerprint density at radius 1 is 1.61 bits per heavy atom. The van der Waals surface area contributed by atoms with Gasteiger partial charge in [0.2, 0.25) is 0 Å². The number of ether oxygens (including phenoxy) is 1. The average Bonchev–Trinajstić information content (AvgIpc) is 2.28.